The van der Waals surface area contributed by atoms with Crippen molar-refractivity contribution < 1.29 is 9.84 Å². The average Bonchev–Trinajstić information content (AvgIpc) is 2.29. The van der Waals surface area contributed by atoms with Crippen LogP contribution in [0, 0.1) is 0 Å². The first kappa shape index (κ1) is 11.3. The maximum Gasteiger partial charge on any atom is 0.106 e. The van der Waals surface area contributed by atoms with E-state index in [1.807, 2.05) is 18.2 Å². The summed E-state index contributed by atoms with van der Waals surface area (Å²) in [7, 11) is 3.30. The van der Waals surface area contributed by atoms with Gasteiger partial charge in [0.15, 0.2) is 0 Å². The van der Waals surface area contributed by atoms with Gasteiger partial charge in [0.1, 0.15) is 5.03 Å². The highest BCUT2D eigenvalue weighted by Gasteiger charge is 2.24. The number of aliphatic hydroxyl groups is 1. The maximum absolute atomic E-state index is 9.67. The third-order valence-electron chi connectivity index (χ3n) is 2.16. The van der Waals surface area contributed by atoms with Gasteiger partial charge in [-0.3, -0.25) is 0 Å². The molecule has 0 aliphatic carbocycles. The molecule has 0 unspecified atom stereocenters. The first-order chi connectivity index (χ1) is 7.36. The van der Waals surface area contributed by atoms with Gasteiger partial charge >= 0.3 is 0 Å². The molecule has 5 heteroatoms. The van der Waals surface area contributed by atoms with Crippen LogP contribution in [-0.2, 0) is 4.74 Å². The van der Waals surface area contributed by atoms with Crippen LogP contribution in [0.2, 0.25) is 0 Å². The zero-order chi connectivity index (χ0) is 10.5. The molecule has 0 amide bonds. The molecule has 82 valence electrons. The summed E-state index contributed by atoms with van der Waals surface area (Å²) in [5, 5.41) is 10.9. The normalized spacial score (nSPS) is 26.5. The van der Waals surface area contributed by atoms with Gasteiger partial charge in [-0.1, -0.05) is 16.9 Å². The summed E-state index contributed by atoms with van der Waals surface area (Å²) >= 11 is 0. The van der Waals surface area contributed by atoms with Gasteiger partial charge in [-0.2, -0.15) is 0 Å². The standard InChI is InChI=1S/C10H13NO2S2/c12-8-7-13-6-4-9(8)14-15-10-3-1-2-5-11-10/h1-3,5,8-9,12H,4,6-7H2/t8-,9-/m1/s1. The first-order valence-electron chi connectivity index (χ1n) is 4.86. The number of aliphatic hydroxyl groups excluding tert-OH is 1. The fourth-order valence-electron chi connectivity index (χ4n) is 1.32. The monoisotopic (exact) mass is 243 g/mol. The first-order valence-corrected chi connectivity index (χ1v) is 7.08. The molecule has 1 aliphatic heterocycles. The van der Waals surface area contributed by atoms with Crippen LogP contribution < -0.4 is 0 Å². The zero-order valence-electron chi connectivity index (χ0n) is 8.20. The third kappa shape index (κ3) is 3.38. The summed E-state index contributed by atoms with van der Waals surface area (Å²) in [5.74, 6) is 0. The van der Waals surface area contributed by atoms with Crippen LogP contribution in [0.1, 0.15) is 6.42 Å². The van der Waals surface area contributed by atoms with Crippen molar-refractivity contribution in [3.63, 3.8) is 0 Å². The lowest BCUT2D eigenvalue weighted by atomic mass is 10.2. The molecule has 1 saturated heterocycles. The molecule has 3 nitrogen and oxygen atoms in total. The fraction of sp³-hybridized carbons (Fsp3) is 0.500. The van der Waals surface area contributed by atoms with Crippen molar-refractivity contribution in [1.82, 2.24) is 4.98 Å². The van der Waals surface area contributed by atoms with E-state index in [1.165, 1.54) is 0 Å². The minimum Gasteiger partial charge on any atom is -0.390 e. The lowest BCUT2D eigenvalue weighted by Crippen LogP contribution is -2.33. The van der Waals surface area contributed by atoms with Crippen molar-refractivity contribution in [3.8, 4) is 0 Å². The van der Waals surface area contributed by atoms with Crippen LogP contribution >= 0.6 is 21.6 Å². The number of hydrogen-bond donors (Lipinski definition) is 1. The van der Waals surface area contributed by atoms with E-state index in [0.29, 0.717) is 6.61 Å². The molecular formula is C10H13NO2S2. The third-order valence-corrected chi connectivity index (χ3v) is 5.01. The number of aromatic nitrogens is 1. The van der Waals surface area contributed by atoms with E-state index in [1.54, 1.807) is 27.8 Å². The fourth-order valence-corrected chi connectivity index (χ4v) is 3.82. The quantitative estimate of drug-likeness (QED) is 0.822. The number of hydrogen-bond acceptors (Lipinski definition) is 5. The van der Waals surface area contributed by atoms with Gasteiger partial charge in [0, 0.05) is 18.1 Å². The Morgan fingerprint density at radius 1 is 1.47 bits per heavy atom. The molecular weight excluding hydrogens is 230 g/mol. The Bertz CT molecular complexity index is 297. The molecule has 2 heterocycles. The number of rotatable bonds is 3. The van der Waals surface area contributed by atoms with E-state index >= 15 is 0 Å². The van der Waals surface area contributed by atoms with Gasteiger partial charge in [-0.05, 0) is 29.3 Å². The lowest BCUT2D eigenvalue weighted by molar-refractivity contribution is -0.000408. The second-order valence-corrected chi connectivity index (χ2v) is 5.78. The van der Waals surface area contributed by atoms with Crippen LogP contribution in [0.5, 0.6) is 0 Å². The molecule has 1 aliphatic rings. The van der Waals surface area contributed by atoms with Gasteiger partial charge < -0.3 is 9.84 Å². The molecule has 0 bridgehead atoms. The summed E-state index contributed by atoms with van der Waals surface area (Å²) in [4.78, 5) is 4.22. The smallest absolute Gasteiger partial charge is 0.106 e. The molecule has 2 rings (SSSR count). The van der Waals surface area contributed by atoms with Crippen molar-refractivity contribution >= 4 is 21.6 Å². The zero-order valence-corrected chi connectivity index (χ0v) is 9.84. The largest absolute Gasteiger partial charge is 0.390 e. The highest BCUT2D eigenvalue weighted by atomic mass is 33.1. The van der Waals surface area contributed by atoms with Crippen LogP contribution in [0.3, 0.4) is 0 Å². The molecule has 0 spiro atoms. The Morgan fingerprint density at radius 3 is 3.13 bits per heavy atom. The van der Waals surface area contributed by atoms with Gasteiger partial charge in [-0.25, -0.2) is 4.98 Å². The predicted molar refractivity (Wildman–Crippen MR) is 62.9 cm³/mol. The Hall–Kier alpha value is -0.230. The summed E-state index contributed by atoms with van der Waals surface area (Å²) in [6, 6.07) is 5.84. The van der Waals surface area contributed by atoms with Gasteiger partial charge in [0.25, 0.3) is 0 Å². The highest BCUT2D eigenvalue weighted by molar-refractivity contribution is 8.76. The molecule has 1 N–H and O–H groups in total. The van der Waals surface area contributed by atoms with E-state index in [2.05, 4.69) is 4.98 Å². The molecule has 1 aromatic rings. The van der Waals surface area contributed by atoms with E-state index in [0.717, 1.165) is 18.1 Å². The van der Waals surface area contributed by atoms with E-state index < -0.39 is 0 Å². The Balaban J connectivity index is 1.82. The second kappa shape index (κ2) is 5.75. The van der Waals surface area contributed by atoms with Crippen LogP contribution in [0.4, 0.5) is 0 Å². The van der Waals surface area contributed by atoms with E-state index in [9.17, 15) is 5.11 Å². The second-order valence-electron chi connectivity index (χ2n) is 3.32. The number of pyridine rings is 1. The van der Waals surface area contributed by atoms with E-state index in [4.69, 9.17) is 4.74 Å². The summed E-state index contributed by atoms with van der Waals surface area (Å²) in [6.07, 6.45) is 2.34. The Labute approximate surface area is 97.0 Å². The van der Waals surface area contributed by atoms with Crippen molar-refractivity contribution in [2.75, 3.05) is 13.2 Å². The average molecular weight is 243 g/mol. The molecule has 0 radical (unpaired) electrons. The molecule has 0 aromatic carbocycles. The number of ether oxygens (including phenoxy) is 1. The van der Waals surface area contributed by atoms with Crippen LogP contribution in [-0.4, -0.2) is 34.7 Å². The predicted octanol–water partition coefficient (Wildman–Crippen LogP) is 1.97. The van der Waals surface area contributed by atoms with Gasteiger partial charge in [-0.15, -0.1) is 0 Å². The molecule has 2 atom stereocenters. The molecule has 0 saturated carbocycles. The minimum absolute atomic E-state index is 0.255. The van der Waals surface area contributed by atoms with Crippen LogP contribution in [0.25, 0.3) is 0 Å². The lowest BCUT2D eigenvalue weighted by Gasteiger charge is -2.26. The van der Waals surface area contributed by atoms with Gasteiger partial charge in [0.2, 0.25) is 0 Å². The van der Waals surface area contributed by atoms with Crippen LogP contribution in [0.15, 0.2) is 29.4 Å². The summed E-state index contributed by atoms with van der Waals surface area (Å²) < 4.78 is 5.18. The minimum atomic E-state index is -0.347. The van der Waals surface area contributed by atoms with E-state index in [-0.39, 0.29) is 11.4 Å². The molecule has 15 heavy (non-hydrogen) atoms. The van der Waals surface area contributed by atoms with Crippen molar-refractivity contribution in [2.24, 2.45) is 0 Å². The van der Waals surface area contributed by atoms with Crippen molar-refractivity contribution in [2.45, 2.75) is 22.8 Å². The van der Waals surface area contributed by atoms with Crippen molar-refractivity contribution in [3.05, 3.63) is 24.4 Å². The topological polar surface area (TPSA) is 42.4 Å². The maximum atomic E-state index is 9.67. The van der Waals surface area contributed by atoms with Gasteiger partial charge in [0.05, 0.1) is 12.7 Å². The Morgan fingerprint density at radius 2 is 2.40 bits per heavy atom. The highest BCUT2D eigenvalue weighted by Crippen LogP contribution is 2.36. The van der Waals surface area contributed by atoms with Crippen molar-refractivity contribution in [1.29, 1.82) is 0 Å². The number of nitrogens with zero attached hydrogens (tertiary/aromatic N) is 1. The SMILES string of the molecule is O[C@@H]1COCC[C@H]1SSc1ccccn1. The Kier molecular flexibility index (Phi) is 4.31. The molecule has 1 aromatic heterocycles. The summed E-state index contributed by atoms with van der Waals surface area (Å²) in [6.45, 7) is 1.21. The summed E-state index contributed by atoms with van der Waals surface area (Å²) in [5.41, 5.74) is 0. The molecule has 1 fully saturated rings.